The van der Waals surface area contributed by atoms with Crippen LogP contribution in [-0.2, 0) is 6.42 Å². The molecule has 0 saturated carbocycles. The lowest BCUT2D eigenvalue weighted by atomic mass is 10.2. The Morgan fingerprint density at radius 1 is 1.00 bits per heavy atom. The third kappa shape index (κ3) is 3.22. The van der Waals surface area contributed by atoms with Crippen LogP contribution in [0.1, 0.15) is 25.2 Å². The Hall–Kier alpha value is -2.10. The lowest BCUT2D eigenvalue weighted by molar-refractivity contribution is 0.930. The highest BCUT2D eigenvalue weighted by Crippen LogP contribution is 2.23. The van der Waals surface area contributed by atoms with Gasteiger partial charge in [-0.3, -0.25) is 0 Å². The summed E-state index contributed by atoms with van der Waals surface area (Å²) >= 11 is 0. The topological polar surface area (TPSA) is 49.8 Å². The van der Waals surface area contributed by atoms with E-state index in [2.05, 4.69) is 34.4 Å². The third-order valence-corrected chi connectivity index (χ3v) is 2.89. The number of nitrogens with one attached hydrogen (secondary N) is 2. The van der Waals surface area contributed by atoms with Crippen molar-refractivity contribution in [3.8, 4) is 0 Å². The van der Waals surface area contributed by atoms with Gasteiger partial charge in [0.05, 0.1) is 0 Å². The van der Waals surface area contributed by atoms with Crippen LogP contribution in [0.3, 0.4) is 0 Å². The number of para-hydroxylation sites is 1. The highest BCUT2D eigenvalue weighted by molar-refractivity contribution is 5.64. The fourth-order valence-corrected chi connectivity index (χ4v) is 1.84. The molecule has 0 aliphatic heterocycles. The van der Waals surface area contributed by atoms with Crippen LogP contribution in [-0.4, -0.2) is 16.5 Å². The van der Waals surface area contributed by atoms with Crippen molar-refractivity contribution >= 4 is 17.3 Å². The first-order valence-corrected chi connectivity index (χ1v) is 6.68. The third-order valence-electron chi connectivity index (χ3n) is 2.89. The molecule has 4 heteroatoms. The Kier molecular flexibility index (Phi) is 4.34. The first kappa shape index (κ1) is 13.3. The summed E-state index contributed by atoms with van der Waals surface area (Å²) in [7, 11) is 0. The molecule has 0 unspecified atom stereocenters. The monoisotopic (exact) mass is 256 g/mol. The van der Waals surface area contributed by atoms with Crippen LogP contribution in [0.5, 0.6) is 0 Å². The molecule has 1 heterocycles. The molecule has 0 amide bonds. The summed E-state index contributed by atoms with van der Waals surface area (Å²) in [6, 6.07) is 10.1. The molecule has 0 bridgehead atoms. The van der Waals surface area contributed by atoms with E-state index in [0.29, 0.717) is 0 Å². The standard InChI is InChI=1S/C15H20N4/c1-4-13-18-14(16-5-2)11(3)15(19-13)17-12-9-7-6-8-10-12/h6-10H,4-5H2,1-3H3,(H2,16,17,18,19). The van der Waals surface area contributed by atoms with Gasteiger partial charge in [0.1, 0.15) is 17.5 Å². The zero-order chi connectivity index (χ0) is 13.7. The van der Waals surface area contributed by atoms with Gasteiger partial charge in [0.15, 0.2) is 0 Å². The van der Waals surface area contributed by atoms with Gasteiger partial charge < -0.3 is 10.6 Å². The van der Waals surface area contributed by atoms with Gasteiger partial charge in [-0.15, -0.1) is 0 Å². The predicted molar refractivity (Wildman–Crippen MR) is 80.0 cm³/mol. The minimum Gasteiger partial charge on any atom is -0.370 e. The van der Waals surface area contributed by atoms with Crippen molar-refractivity contribution < 1.29 is 0 Å². The van der Waals surface area contributed by atoms with Crippen molar-refractivity contribution in [3.63, 3.8) is 0 Å². The molecule has 2 N–H and O–H groups in total. The summed E-state index contributed by atoms with van der Waals surface area (Å²) < 4.78 is 0. The van der Waals surface area contributed by atoms with Gasteiger partial charge in [-0.25, -0.2) is 9.97 Å². The molecule has 0 radical (unpaired) electrons. The Morgan fingerprint density at radius 2 is 1.68 bits per heavy atom. The Morgan fingerprint density at radius 3 is 2.32 bits per heavy atom. The molecule has 4 nitrogen and oxygen atoms in total. The number of hydrogen-bond donors (Lipinski definition) is 2. The smallest absolute Gasteiger partial charge is 0.139 e. The second-order valence-corrected chi connectivity index (χ2v) is 4.34. The lowest BCUT2D eigenvalue weighted by Crippen LogP contribution is -2.09. The van der Waals surface area contributed by atoms with Crippen molar-refractivity contribution in [1.29, 1.82) is 0 Å². The maximum atomic E-state index is 4.57. The summed E-state index contributed by atoms with van der Waals surface area (Å²) in [6.45, 7) is 7.01. The molecule has 2 aromatic rings. The fraction of sp³-hybridized carbons (Fsp3) is 0.333. The van der Waals surface area contributed by atoms with Crippen LogP contribution in [0.15, 0.2) is 30.3 Å². The van der Waals surface area contributed by atoms with Gasteiger partial charge in [-0.2, -0.15) is 0 Å². The van der Waals surface area contributed by atoms with Crippen LogP contribution >= 0.6 is 0 Å². The summed E-state index contributed by atoms with van der Waals surface area (Å²) in [5, 5.41) is 6.64. The highest BCUT2D eigenvalue weighted by Gasteiger charge is 2.09. The summed E-state index contributed by atoms with van der Waals surface area (Å²) in [6.07, 6.45) is 0.822. The van der Waals surface area contributed by atoms with E-state index in [-0.39, 0.29) is 0 Å². The van der Waals surface area contributed by atoms with E-state index < -0.39 is 0 Å². The summed E-state index contributed by atoms with van der Waals surface area (Å²) in [5.74, 6) is 2.63. The van der Waals surface area contributed by atoms with Gasteiger partial charge in [0.25, 0.3) is 0 Å². The van der Waals surface area contributed by atoms with Gasteiger partial charge in [-0.1, -0.05) is 25.1 Å². The second kappa shape index (κ2) is 6.18. The van der Waals surface area contributed by atoms with Gasteiger partial charge in [-0.05, 0) is 26.0 Å². The molecule has 0 atom stereocenters. The fourth-order valence-electron chi connectivity index (χ4n) is 1.84. The number of rotatable bonds is 5. The van der Waals surface area contributed by atoms with Crippen LogP contribution < -0.4 is 10.6 Å². The maximum absolute atomic E-state index is 4.57. The molecule has 0 spiro atoms. The number of aromatic nitrogens is 2. The molecule has 19 heavy (non-hydrogen) atoms. The van der Waals surface area contributed by atoms with Crippen molar-refractivity contribution in [2.75, 3.05) is 17.2 Å². The van der Waals surface area contributed by atoms with E-state index in [1.54, 1.807) is 0 Å². The minimum absolute atomic E-state index is 0.822. The summed E-state index contributed by atoms with van der Waals surface area (Å²) in [4.78, 5) is 9.09. The first-order valence-electron chi connectivity index (χ1n) is 6.68. The van der Waals surface area contributed by atoms with Crippen molar-refractivity contribution in [2.24, 2.45) is 0 Å². The van der Waals surface area contributed by atoms with E-state index in [4.69, 9.17) is 0 Å². The maximum Gasteiger partial charge on any atom is 0.139 e. The van der Waals surface area contributed by atoms with E-state index in [9.17, 15) is 0 Å². The average Bonchev–Trinajstić information content (AvgIpc) is 2.44. The van der Waals surface area contributed by atoms with Crippen LogP contribution in [0, 0.1) is 6.92 Å². The Bertz CT molecular complexity index is 537. The van der Waals surface area contributed by atoms with Gasteiger partial charge >= 0.3 is 0 Å². The number of nitrogens with zero attached hydrogens (tertiary/aromatic N) is 2. The Balaban J connectivity index is 2.35. The van der Waals surface area contributed by atoms with E-state index in [1.807, 2.05) is 37.3 Å². The van der Waals surface area contributed by atoms with Crippen molar-refractivity contribution in [3.05, 3.63) is 41.7 Å². The molecular weight excluding hydrogens is 236 g/mol. The normalized spacial score (nSPS) is 10.3. The summed E-state index contributed by atoms with van der Waals surface area (Å²) in [5.41, 5.74) is 2.08. The van der Waals surface area contributed by atoms with Crippen molar-refractivity contribution in [2.45, 2.75) is 27.2 Å². The highest BCUT2D eigenvalue weighted by atomic mass is 15.1. The number of hydrogen-bond acceptors (Lipinski definition) is 4. The number of anilines is 3. The molecule has 0 aliphatic rings. The van der Waals surface area contributed by atoms with Crippen LogP contribution in [0.25, 0.3) is 0 Å². The largest absolute Gasteiger partial charge is 0.370 e. The molecule has 0 fully saturated rings. The minimum atomic E-state index is 0.822. The van der Waals surface area contributed by atoms with Crippen LogP contribution in [0.4, 0.5) is 17.3 Å². The van der Waals surface area contributed by atoms with Gasteiger partial charge in [0.2, 0.25) is 0 Å². The molecular formula is C15H20N4. The SMILES string of the molecule is CCNc1nc(CC)nc(Nc2ccccc2)c1C. The molecule has 0 saturated heterocycles. The molecule has 1 aromatic heterocycles. The van der Waals surface area contributed by atoms with Crippen LogP contribution in [0.2, 0.25) is 0 Å². The van der Waals surface area contributed by atoms with E-state index >= 15 is 0 Å². The zero-order valence-corrected chi connectivity index (χ0v) is 11.7. The quantitative estimate of drug-likeness (QED) is 0.859. The first-order chi connectivity index (χ1) is 9.24. The molecule has 100 valence electrons. The van der Waals surface area contributed by atoms with Crippen molar-refractivity contribution in [1.82, 2.24) is 9.97 Å². The molecule has 2 rings (SSSR count). The molecule has 1 aromatic carbocycles. The number of aryl methyl sites for hydroxylation is 1. The lowest BCUT2D eigenvalue weighted by Gasteiger charge is -2.14. The average molecular weight is 256 g/mol. The predicted octanol–water partition coefficient (Wildman–Crippen LogP) is 3.52. The Labute approximate surface area is 114 Å². The van der Waals surface area contributed by atoms with E-state index in [1.165, 1.54) is 0 Å². The van der Waals surface area contributed by atoms with Gasteiger partial charge in [0, 0.05) is 24.2 Å². The molecule has 0 aliphatic carbocycles. The zero-order valence-electron chi connectivity index (χ0n) is 11.7. The second-order valence-electron chi connectivity index (χ2n) is 4.34. The van der Waals surface area contributed by atoms with E-state index in [0.717, 1.165) is 41.7 Å². The number of benzene rings is 1.